The Morgan fingerprint density at radius 2 is 1.90 bits per heavy atom. The van der Waals surface area contributed by atoms with E-state index in [1.165, 1.54) is 16.7 Å². The summed E-state index contributed by atoms with van der Waals surface area (Å²) in [5.41, 5.74) is 3.19. The highest BCUT2D eigenvalue weighted by Crippen LogP contribution is 2.25. The second-order valence-corrected chi connectivity index (χ2v) is 7.99. The van der Waals surface area contributed by atoms with Gasteiger partial charge in [0.1, 0.15) is 17.5 Å². The first-order chi connectivity index (χ1) is 14.3. The highest BCUT2D eigenvalue weighted by Gasteiger charge is 2.26. The van der Waals surface area contributed by atoms with Gasteiger partial charge in [-0.1, -0.05) is 0 Å². The van der Waals surface area contributed by atoms with Gasteiger partial charge in [-0.3, -0.25) is 14.6 Å². The molecule has 0 bridgehead atoms. The molecule has 0 spiro atoms. The minimum absolute atomic E-state index is 0.0598. The lowest BCUT2D eigenvalue weighted by Crippen LogP contribution is -2.38. The van der Waals surface area contributed by atoms with Gasteiger partial charge in [0.15, 0.2) is 0 Å². The fraction of sp³-hybridized carbons (Fsp3) is 0.381. The Labute approximate surface area is 177 Å². The van der Waals surface area contributed by atoms with Crippen molar-refractivity contribution < 1.29 is 22.8 Å². The zero-order chi connectivity index (χ0) is 21.8. The predicted molar refractivity (Wildman–Crippen MR) is 108 cm³/mol. The van der Waals surface area contributed by atoms with E-state index in [1.807, 2.05) is 13.2 Å². The maximum absolute atomic E-state index is 13.9. The lowest BCUT2D eigenvalue weighted by atomic mass is 9.94. The van der Waals surface area contributed by atoms with Gasteiger partial charge in [0.05, 0.1) is 12.2 Å². The summed E-state index contributed by atoms with van der Waals surface area (Å²) in [6, 6.07) is 1.14. The smallest absolute Gasteiger partial charge is 0.230 e. The van der Waals surface area contributed by atoms with E-state index in [1.54, 1.807) is 6.20 Å². The molecule has 1 aromatic carbocycles. The molecule has 5 nitrogen and oxygen atoms in total. The summed E-state index contributed by atoms with van der Waals surface area (Å²) in [4.78, 5) is 30.3. The Balaban J connectivity index is 1.73. The number of carbonyl (C=O) groups is 2. The van der Waals surface area contributed by atoms with Gasteiger partial charge in [-0.2, -0.15) is 11.8 Å². The molecule has 0 fully saturated rings. The molecule has 0 saturated heterocycles. The van der Waals surface area contributed by atoms with Gasteiger partial charge in [-0.25, -0.2) is 13.2 Å². The number of hydrogen-bond donors (Lipinski definition) is 1. The van der Waals surface area contributed by atoms with E-state index in [2.05, 4.69) is 10.3 Å². The van der Waals surface area contributed by atoms with Crippen molar-refractivity contribution in [3.63, 3.8) is 0 Å². The standard InChI is InChI=1S/C21H22F3N3O2S/c1-12-17(9-26-20(28)11-30-2)15-3-4-27(10-13(15)8-25-12)21(29)7-16-18(23)5-14(22)6-19(16)24/h5-6,8H,3-4,7,9-11H2,1-2H3,(H,26,28). The molecular formula is C21H22F3N3O2S. The van der Waals surface area contributed by atoms with Crippen LogP contribution in [0.1, 0.15) is 27.9 Å². The summed E-state index contributed by atoms with van der Waals surface area (Å²) < 4.78 is 40.8. The van der Waals surface area contributed by atoms with Gasteiger partial charge in [-0.15, -0.1) is 0 Å². The number of carbonyl (C=O) groups excluding carboxylic acids is 2. The maximum atomic E-state index is 13.9. The average Bonchev–Trinajstić information content (AvgIpc) is 2.69. The van der Waals surface area contributed by atoms with Crippen LogP contribution in [0.15, 0.2) is 18.3 Å². The fourth-order valence-electron chi connectivity index (χ4n) is 3.54. The zero-order valence-electron chi connectivity index (χ0n) is 16.7. The van der Waals surface area contributed by atoms with E-state index in [4.69, 9.17) is 0 Å². The minimum atomic E-state index is -1.07. The molecule has 9 heteroatoms. The molecule has 1 aliphatic heterocycles. The number of aryl methyl sites for hydroxylation is 1. The molecule has 0 unspecified atom stereocenters. The van der Waals surface area contributed by atoms with E-state index in [0.717, 1.165) is 22.4 Å². The van der Waals surface area contributed by atoms with Crippen molar-refractivity contribution in [3.8, 4) is 0 Å². The third-order valence-electron chi connectivity index (χ3n) is 5.12. The van der Waals surface area contributed by atoms with Crippen LogP contribution < -0.4 is 5.32 Å². The normalized spacial score (nSPS) is 13.2. The molecule has 3 rings (SSSR count). The largest absolute Gasteiger partial charge is 0.351 e. The number of nitrogens with one attached hydrogen (secondary N) is 1. The van der Waals surface area contributed by atoms with E-state index < -0.39 is 35.3 Å². The number of aromatic nitrogens is 1. The topological polar surface area (TPSA) is 62.3 Å². The van der Waals surface area contributed by atoms with Gasteiger partial charge < -0.3 is 10.2 Å². The Morgan fingerprint density at radius 3 is 2.57 bits per heavy atom. The molecule has 2 aromatic rings. The molecule has 160 valence electrons. The van der Waals surface area contributed by atoms with Crippen LogP contribution in [0.3, 0.4) is 0 Å². The quantitative estimate of drug-likeness (QED) is 0.755. The molecule has 0 radical (unpaired) electrons. The SMILES string of the molecule is CSCC(=O)NCc1c(C)ncc2c1CCN(C(=O)Cc1c(F)cc(F)cc1F)C2. The lowest BCUT2D eigenvalue weighted by molar-refractivity contribution is -0.131. The lowest BCUT2D eigenvalue weighted by Gasteiger charge is -2.30. The summed E-state index contributed by atoms with van der Waals surface area (Å²) >= 11 is 1.44. The van der Waals surface area contributed by atoms with Gasteiger partial charge in [0.25, 0.3) is 0 Å². The highest BCUT2D eigenvalue weighted by atomic mass is 32.2. The molecule has 1 aromatic heterocycles. The van der Waals surface area contributed by atoms with Crippen molar-refractivity contribution in [3.05, 3.63) is 63.7 Å². The molecule has 30 heavy (non-hydrogen) atoms. The molecular weight excluding hydrogens is 415 g/mol. The Morgan fingerprint density at radius 1 is 1.20 bits per heavy atom. The third-order valence-corrected chi connectivity index (χ3v) is 5.67. The monoisotopic (exact) mass is 437 g/mol. The summed E-state index contributed by atoms with van der Waals surface area (Å²) in [5, 5.41) is 2.88. The average molecular weight is 437 g/mol. The van der Waals surface area contributed by atoms with Gasteiger partial charge in [0.2, 0.25) is 11.8 Å². The van der Waals surface area contributed by atoms with Crippen LogP contribution in [0.4, 0.5) is 13.2 Å². The molecule has 1 N–H and O–H groups in total. The number of halogens is 3. The number of amides is 2. The number of hydrogen-bond acceptors (Lipinski definition) is 4. The first-order valence-corrected chi connectivity index (χ1v) is 10.8. The van der Waals surface area contributed by atoms with Crippen molar-refractivity contribution in [2.75, 3.05) is 18.6 Å². The molecule has 0 atom stereocenters. The third kappa shape index (κ3) is 4.95. The van der Waals surface area contributed by atoms with Crippen molar-refractivity contribution in [1.29, 1.82) is 0 Å². The second kappa shape index (κ2) is 9.51. The minimum Gasteiger partial charge on any atom is -0.351 e. The first-order valence-electron chi connectivity index (χ1n) is 9.43. The van der Waals surface area contributed by atoms with Crippen LogP contribution in [0.25, 0.3) is 0 Å². The van der Waals surface area contributed by atoms with E-state index in [0.29, 0.717) is 37.4 Å². The molecule has 0 saturated carbocycles. The predicted octanol–water partition coefficient (Wildman–Crippen LogP) is 2.91. The Hall–Kier alpha value is -2.55. The van der Waals surface area contributed by atoms with Crippen molar-refractivity contribution >= 4 is 23.6 Å². The molecule has 1 aliphatic rings. The Kier molecular flexibility index (Phi) is 7.02. The van der Waals surface area contributed by atoms with Crippen LogP contribution in [0.2, 0.25) is 0 Å². The van der Waals surface area contributed by atoms with E-state index >= 15 is 0 Å². The van der Waals surface area contributed by atoms with Crippen molar-refractivity contribution in [2.45, 2.75) is 32.9 Å². The number of benzene rings is 1. The van der Waals surface area contributed by atoms with Crippen LogP contribution in [-0.4, -0.2) is 40.3 Å². The van der Waals surface area contributed by atoms with Crippen LogP contribution >= 0.6 is 11.8 Å². The van der Waals surface area contributed by atoms with Crippen molar-refractivity contribution in [2.24, 2.45) is 0 Å². The van der Waals surface area contributed by atoms with E-state index in [9.17, 15) is 22.8 Å². The number of pyridine rings is 1. The zero-order valence-corrected chi connectivity index (χ0v) is 17.5. The summed E-state index contributed by atoms with van der Waals surface area (Å²) in [6.07, 6.45) is 3.61. The van der Waals surface area contributed by atoms with E-state index in [-0.39, 0.29) is 12.5 Å². The van der Waals surface area contributed by atoms with Crippen LogP contribution in [0.5, 0.6) is 0 Å². The van der Waals surface area contributed by atoms with Crippen LogP contribution in [-0.2, 0) is 35.5 Å². The maximum Gasteiger partial charge on any atom is 0.230 e. The first kappa shape index (κ1) is 22.1. The number of rotatable bonds is 6. The number of thioether (sulfide) groups is 1. The van der Waals surface area contributed by atoms with Gasteiger partial charge in [-0.05, 0) is 36.3 Å². The van der Waals surface area contributed by atoms with Crippen LogP contribution in [0, 0.1) is 24.4 Å². The summed E-state index contributed by atoms with van der Waals surface area (Å²) in [5.74, 6) is -3.29. The summed E-state index contributed by atoms with van der Waals surface area (Å²) in [6.45, 7) is 2.87. The second-order valence-electron chi connectivity index (χ2n) is 7.13. The molecule has 0 aliphatic carbocycles. The molecule has 2 amide bonds. The fourth-order valence-corrected chi connectivity index (χ4v) is 3.91. The highest BCUT2D eigenvalue weighted by molar-refractivity contribution is 7.99. The van der Waals surface area contributed by atoms with Gasteiger partial charge >= 0.3 is 0 Å². The van der Waals surface area contributed by atoms with Gasteiger partial charge in [0, 0.05) is 49.2 Å². The molecule has 2 heterocycles. The summed E-state index contributed by atoms with van der Waals surface area (Å²) in [7, 11) is 0. The number of fused-ring (bicyclic) bond motifs is 1. The Bertz CT molecular complexity index is 961. The number of nitrogens with zero attached hydrogens (tertiary/aromatic N) is 2. The van der Waals surface area contributed by atoms with Crippen molar-refractivity contribution in [1.82, 2.24) is 15.2 Å².